The van der Waals surface area contributed by atoms with Gasteiger partial charge in [0.15, 0.2) is 0 Å². The van der Waals surface area contributed by atoms with E-state index in [9.17, 15) is 0 Å². The summed E-state index contributed by atoms with van der Waals surface area (Å²) >= 11 is 1.91. The van der Waals surface area contributed by atoms with E-state index in [1.54, 1.807) is 4.88 Å². The molecule has 0 aliphatic heterocycles. The van der Waals surface area contributed by atoms with Gasteiger partial charge in [-0.1, -0.05) is 102 Å². The molecule has 0 fully saturated rings. The van der Waals surface area contributed by atoms with Gasteiger partial charge in [-0.15, -0.1) is 17.9 Å². The summed E-state index contributed by atoms with van der Waals surface area (Å²) in [6.45, 7) is 3.78. The summed E-state index contributed by atoms with van der Waals surface area (Å²) in [7, 11) is 0. The average molecular weight is 363 g/mol. The number of unbranched alkanes of at least 4 members (excludes halogenated alkanes) is 16. The molecule has 0 N–H and O–H groups in total. The minimum Gasteiger partial charge on any atom is -0.149 e. The van der Waals surface area contributed by atoms with Crippen LogP contribution in [0.3, 0.4) is 0 Å². The second-order valence-electron chi connectivity index (χ2n) is 7.56. The molecule has 1 heteroatoms. The molecule has 0 bridgehead atoms. The third kappa shape index (κ3) is 15.4. The quantitative estimate of drug-likeness (QED) is 0.170. The second-order valence-corrected chi connectivity index (χ2v) is 8.60. The Kier molecular flexibility index (Phi) is 16.4. The molecule has 0 nitrogen and oxygen atoms in total. The van der Waals surface area contributed by atoms with Crippen molar-refractivity contribution in [3.8, 4) is 0 Å². The van der Waals surface area contributed by atoms with Gasteiger partial charge < -0.3 is 0 Å². The zero-order chi connectivity index (χ0) is 17.8. The summed E-state index contributed by atoms with van der Waals surface area (Å²) in [6, 6.07) is 4.45. The van der Waals surface area contributed by atoms with Gasteiger partial charge in [0.1, 0.15) is 0 Å². The molecule has 0 aromatic carbocycles. The van der Waals surface area contributed by atoms with Crippen LogP contribution in [0.5, 0.6) is 0 Å². The fourth-order valence-corrected chi connectivity index (χ4v) is 4.27. The minimum absolute atomic E-state index is 1.20. The zero-order valence-electron chi connectivity index (χ0n) is 16.7. The summed E-state index contributed by atoms with van der Waals surface area (Å²) in [5.41, 5.74) is 0. The van der Waals surface area contributed by atoms with Crippen molar-refractivity contribution < 1.29 is 0 Å². The van der Waals surface area contributed by atoms with Crippen molar-refractivity contribution in [2.24, 2.45) is 0 Å². The number of thiophene rings is 1. The molecule has 0 aliphatic rings. The SMILES string of the molecule is C=CCCCCCCCCCCCCCCCCCCc1cccs1. The summed E-state index contributed by atoms with van der Waals surface area (Å²) in [6.07, 6.45) is 27.6. The van der Waals surface area contributed by atoms with Crippen molar-refractivity contribution in [1.82, 2.24) is 0 Å². The minimum atomic E-state index is 1.20. The first-order valence-electron chi connectivity index (χ1n) is 11.1. The summed E-state index contributed by atoms with van der Waals surface area (Å²) in [5.74, 6) is 0. The molecule has 144 valence electrons. The molecule has 0 amide bonds. The number of aryl methyl sites for hydroxylation is 1. The topological polar surface area (TPSA) is 0 Å². The first kappa shape index (κ1) is 22.5. The van der Waals surface area contributed by atoms with Gasteiger partial charge in [0.2, 0.25) is 0 Å². The van der Waals surface area contributed by atoms with E-state index in [2.05, 4.69) is 24.1 Å². The highest BCUT2D eigenvalue weighted by Crippen LogP contribution is 2.16. The smallest absolute Gasteiger partial charge is 0.00452 e. The zero-order valence-corrected chi connectivity index (χ0v) is 17.5. The maximum Gasteiger partial charge on any atom is 0.00452 e. The van der Waals surface area contributed by atoms with Crippen LogP contribution in [0.25, 0.3) is 0 Å². The molecule has 0 aliphatic carbocycles. The molecule has 25 heavy (non-hydrogen) atoms. The van der Waals surface area contributed by atoms with Crippen LogP contribution >= 0.6 is 11.3 Å². The molecule has 1 rings (SSSR count). The molecular weight excluding hydrogens is 320 g/mol. The van der Waals surface area contributed by atoms with Crippen molar-refractivity contribution in [1.29, 1.82) is 0 Å². The van der Waals surface area contributed by atoms with E-state index in [1.807, 2.05) is 17.4 Å². The van der Waals surface area contributed by atoms with Gasteiger partial charge in [0, 0.05) is 4.88 Å². The van der Waals surface area contributed by atoms with Crippen LogP contribution < -0.4 is 0 Å². The lowest BCUT2D eigenvalue weighted by Crippen LogP contribution is -1.85. The lowest BCUT2D eigenvalue weighted by Gasteiger charge is -2.03. The molecule has 0 spiro atoms. The monoisotopic (exact) mass is 362 g/mol. The Balaban J connectivity index is 1.66. The Morgan fingerprint density at radius 3 is 1.48 bits per heavy atom. The molecule has 0 radical (unpaired) electrons. The molecule has 0 unspecified atom stereocenters. The summed E-state index contributed by atoms with van der Waals surface area (Å²) in [4.78, 5) is 1.56. The van der Waals surface area contributed by atoms with Crippen LogP contribution in [0.15, 0.2) is 30.2 Å². The Morgan fingerprint density at radius 2 is 1.08 bits per heavy atom. The Hall–Kier alpha value is -0.560. The number of hydrogen-bond acceptors (Lipinski definition) is 1. The van der Waals surface area contributed by atoms with Crippen LogP contribution in [0, 0.1) is 0 Å². The van der Waals surface area contributed by atoms with Gasteiger partial charge >= 0.3 is 0 Å². The maximum absolute atomic E-state index is 3.78. The second kappa shape index (κ2) is 18.2. The van der Waals surface area contributed by atoms with Crippen molar-refractivity contribution in [2.75, 3.05) is 0 Å². The molecule has 1 aromatic heterocycles. The van der Waals surface area contributed by atoms with E-state index in [0.717, 1.165) is 0 Å². The molecule has 0 saturated heterocycles. The third-order valence-electron chi connectivity index (χ3n) is 5.16. The van der Waals surface area contributed by atoms with E-state index in [-0.39, 0.29) is 0 Å². The highest BCUT2D eigenvalue weighted by molar-refractivity contribution is 7.09. The summed E-state index contributed by atoms with van der Waals surface area (Å²) in [5, 5.41) is 2.20. The van der Waals surface area contributed by atoms with Crippen molar-refractivity contribution in [3.05, 3.63) is 35.0 Å². The standard InChI is InChI=1S/C24H42S/c1-2-3-4-5-6-7-8-9-10-11-12-13-14-15-16-17-18-19-21-24-22-20-23-25-24/h2,20,22-23H,1,3-19,21H2. The molecular formula is C24H42S. The molecule has 1 aromatic rings. The lowest BCUT2D eigenvalue weighted by molar-refractivity contribution is 0.528. The van der Waals surface area contributed by atoms with Crippen LogP contribution in [0.4, 0.5) is 0 Å². The predicted octanol–water partition coefficient (Wildman–Crippen LogP) is 9.11. The van der Waals surface area contributed by atoms with Crippen LogP contribution in [0.1, 0.15) is 114 Å². The van der Waals surface area contributed by atoms with Crippen LogP contribution in [-0.4, -0.2) is 0 Å². The third-order valence-corrected chi connectivity index (χ3v) is 6.10. The Labute approximate surface area is 162 Å². The number of rotatable bonds is 19. The average Bonchev–Trinajstić information content (AvgIpc) is 3.14. The van der Waals surface area contributed by atoms with Crippen LogP contribution in [0.2, 0.25) is 0 Å². The predicted molar refractivity (Wildman–Crippen MR) is 117 cm³/mol. The van der Waals surface area contributed by atoms with Gasteiger partial charge in [-0.2, -0.15) is 0 Å². The number of hydrogen-bond donors (Lipinski definition) is 0. The van der Waals surface area contributed by atoms with Crippen LogP contribution in [-0.2, 0) is 6.42 Å². The molecule has 0 atom stereocenters. The van der Waals surface area contributed by atoms with E-state index in [1.165, 1.54) is 116 Å². The van der Waals surface area contributed by atoms with Gasteiger partial charge in [0.25, 0.3) is 0 Å². The fraction of sp³-hybridized carbons (Fsp3) is 0.750. The summed E-state index contributed by atoms with van der Waals surface area (Å²) < 4.78 is 0. The van der Waals surface area contributed by atoms with Crippen molar-refractivity contribution in [3.63, 3.8) is 0 Å². The highest BCUT2D eigenvalue weighted by atomic mass is 32.1. The van der Waals surface area contributed by atoms with E-state index in [4.69, 9.17) is 0 Å². The maximum atomic E-state index is 3.78. The normalized spacial score (nSPS) is 11.0. The molecule has 1 heterocycles. The van der Waals surface area contributed by atoms with Gasteiger partial charge in [-0.05, 0) is 37.1 Å². The van der Waals surface area contributed by atoms with E-state index >= 15 is 0 Å². The van der Waals surface area contributed by atoms with Gasteiger partial charge in [0.05, 0.1) is 0 Å². The first-order chi connectivity index (χ1) is 12.4. The highest BCUT2D eigenvalue weighted by Gasteiger charge is 1.96. The fourth-order valence-electron chi connectivity index (χ4n) is 3.52. The van der Waals surface area contributed by atoms with Gasteiger partial charge in [-0.25, -0.2) is 0 Å². The van der Waals surface area contributed by atoms with Crippen molar-refractivity contribution >= 4 is 11.3 Å². The largest absolute Gasteiger partial charge is 0.149 e. The Morgan fingerprint density at radius 1 is 0.640 bits per heavy atom. The Bertz CT molecular complexity index is 365. The van der Waals surface area contributed by atoms with E-state index < -0.39 is 0 Å². The molecule has 0 saturated carbocycles. The number of allylic oxidation sites excluding steroid dienone is 1. The van der Waals surface area contributed by atoms with Crippen molar-refractivity contribution in [2.45, 2.75) is 116 Å². The van der Waals surface area contributed by atoms with Gasteiger partial charge in [-0.3, -0.25) is 0 Å². The van der Waals surface area contributed by atoms with E-state index in [0.29, 0.717) is 0 Å². The lowest BCUT2D eigenvalue weighted by atomic mass is 10.0. The first-order valence-corrected chi connectivity index (χ1v) is 11.9.